The van der Waals surface area contributed by atoms with Crippen LogP contribution in [0.25, 0.3) is 0 Å². The molecule has 2 rings (SSSR count). The first-order chi connectivity index (χ1) is 10.7. The fraction of sp³-hybridized carbons (Fsp3) is 0.444. The molecular formula is C18H27BO3Si. The van der Waals surface area contributed by atoms with Crippen LogP contribution in [-0.4, -0.2) is 22.0 Å². The highest BCUT2D eigenvalue weighted by Gasteiger charge is 2.36. The maximum Gasteiger partial charge on any atom is 0.625 e. The lowest BCUT2D eigenvalue weighted by Gasteiger charge is -2.35. The average molecular weight is 330 g/mol. The first kappa shape index (κ1) is 17.9. The molecule has 0 aromatic heterocycles. The zero-order valence-corrected chi connectivity index (χ0v) is 16.1. The van der Waals surface area contributed by atoms with Gasteiger partial charge in [0.15, 0.2) is 8.32 Å². The molecule has 23 heavy (non-hydrogen) atoms. The summed E-state index contributed by atoms with van der Waals surface area (Å²) in [5, 5.41) is 0.238. The third-order valence-electron chi connectivity index (χ3n) is 4.51. The Kier molecular flexibility index (Phi) is 5.42. The highest BCUT2D eigenvalue weighted by Crippen LogP contribution is 2.36. The maximum absolute atomic E-state index is 6.15. The quantitative estimate of drug-likeness (QED) is 0.561. The van der Waals surface area contributed by atoms with Crippen LogP contribution in [0.3, 0.4) is 0 Å². The number of rotatable bonds is 5. The summed E-state index contributed by atoms with van der Waals surface area (Å²) in [6.45, 7) is 14.0. The van der Waals surface area contributed by atoms with Crippen LogP contribution in [0.1, 0.15) is 27.7 Å². The smallest absolute Gasteiger partial charge is 0.520 e. The van der Waals surface area contributed by atoms with Gasteiger partial charge in [0.05, 0.1) is 6.61 Å². The molecule has 0 amide bonds. The van der Waals surface area contributed by atoms with Crippen molar-refractivity contribution in [3.8, 4) is 11.5 Å². The van der Waals surface area contributed by atoms with Gasteiger partial charge in [-0.1, -0.05) is 50.6 Å². The van der Waals surface area contributed by atoms with Crippen LogP contribution in [0.5, 0.6) is 11.5 Å². The van der Waals surface area contributed by atoms with Crippen LogP contribution in [0.4, 0.5) is 0 Å². The van der Waals surface area contributed by atoms with E-state index in [-0.39, 0.29) is 12.2 Å². The fourth-order valence-corrected chi connectivity index (χ4v) is 2.83. The van der Waals surface area contributed by atoms with Gasteiger partial charge in [-0.05, 0) is 43.2 Å². The number of hydrogen-bond acceptors (Lipinski definition) is 3. The first-order valence-corrected chi connectivity index (χ1v) is 11.0. The third-order valence-corrected chi connectivity index (χ3v) is 9.01. The molecule has 0 unspecified atom stereocenters. The van der Waals surface area contributed by atoms with Crippen LogP contribution in [0, 0.1) is 0 Å². The normalized spacial score (nSPS) is 15.6. The van der Waals surface area contributed by atoms with Crippen molar-refractivity contribution in [3.05, 3.63) is 48.0 Å². The second kappa shape index (κ2) is 6.97. The monoisotopic (exact) mass is 330 g/mol. The summed E-state index contributed by atoms with van der Waals surface area (Å²) >= 11 is 0. The van der Waals surface area contributed by atoms with E-state index >= 15 is 0 Å². The van der Waals surface area contributed by atoms with E-state index in [9.17, 15) is 0 Å². The van der Waals surface area contributed by atoms with Crippen molar-refractivity contribution in [1.29, 1.82) is 0 Å². The van der Waals surface area contributed by atoms with Crippen LogP contribution >= 0.6 is 0 Å². The van der Waals surface area contributed by atoms with Gasteiger partial charge in [0.1, 0.15) is 11.5 Å². The molecule has 0 fully saturated rings. The third kappa shape index (κ3) is 4.75. The first-order valence-electron chi connectivity index (χ1n) is 8.10. The van der Waals surface area contributed by atoms with Gasteiger partial charge in [-0.25, -0.2) is 0 Å². The average Bonchev–Trinajstić information content (AvgIpc) is 2.86. The summed E-state index contributed by atoms with van der Waals surface area (Å²) in [5.41, 5.74) is 1.15. The van der Waals surface area contributed by atoms with Crippen molar-refractivity contribution in [2.24, 2.45) is 0 Å². The molecule has 3 nitrogen and oxygen atoms in total. The van der Waals surface area contributed by atoms with Gasteiger partial charge in [-0.2, -0.15) is 0 Å². The molecule has 1 aromatic rings. The minimum absolute atomic E-state index is 0.238. The van der Waals surface area contributed by atoms with E-state index in [1.54, 1.807) is 0 Å². The molecule has 0 bridgehead atoms. The summed E-state index contributed by atoms with van der Waals surface area (Å²) in [6, 6.07) is 7.72. The number of benzene rings is 1. The molecule has 0 radical (unpaired) electrons. The lowest BCUT2D eigenvalue weighted by molar-refractivity contribution is 0.327. The Hall–Kier alpha value is -1.46. The molecule has 0 spiro atoms. The fourth-order valence-electron chi connectivity index (χ4n) is 1.89. The van der Waals surface area contributed by atoms with Crippen molar-refractivity contribution in [2.75, 3.05) is 6.61 Å². The van der Waals surface area contributed by atoms with Crippen LogP contribution in [0.2, 0.25) is 18.1 Å². The molecule has 1 aromatic carbocycles. The summed E-state index contributed by atoms with van der Waals surface area (Å²) in [5.74, 6) is 3.52. The Balaban J connectivity index is 1.84. The lowest BCUT2D eigenvalue weighted by Crippen LogP contribution is -2.40. The SMILES string of the molecule is CC(/C=C/B1Oc2ccccc2O1)=C\CO[Si](C)(C)C(C)(C)C. The van der Waals surface area contributed by atoms with Gasteiger partial charge in [0, 0.05) is 0 Å². The highest BCUT2D eigenvalue weighted by molar-refractivity contribution is 6.74. The molecule has 1 aliphatic rings. The molecule has 0 saturated carbocycles. The van der Waals surface area contributed by atoms with Gasteiger partial charge in [-0.3, -0.25) is 0 Å². The van der Waals surface area contributed by atoms with E-state index in [1.807, 2.05) is 36.3 Å². The zero-order chi connectivity index (χ0) is 17.1. The second-order valence-electron chi connectivity index (χ2n) is 7.43. The van der Waals surface area contributed by atoms with Crippen LogP contribution in [-0.2, 0) is 4.43 Å². The molecule has 0 N–H and O–H groups in total. The van der Waals surface area contributed by atoms with Gasteiger partial charge in [0.2, 0.25) is 0 Å². The van der Waals surface area contributed by atoms with Crippen molar-refractivity contribution < 1.29 is 13.7 Å². The Morgan fingerprint density at radius 3 is 2.26 bits per heavy atom. The van der Waals surface area contributed by atoms with Crippen molar-refractivity contribution in [2.45, 2.75) is 45.8 Å². The van der Waals surface area contributed by atoms with E-state index in [0.29, 0.717) is 6.61 Å². The Morgan fingerprint density at radius 2 is 1.74 bits per heavy atom. The van der Waals surface area contributed by atoms with Crippen molar-refractivity contribution >= 4 is 15.4 Å². The summed E-state index contributed by atoms with van der Waals surface area (Å²) in [4.78, 5) is 0. The van der Waals surface area contributed by atoms with Gasteiger partial charge < -0.3 is 13.7 Å². The van der Waals surface area contributed by atoms with Gasteiger partial charge in [0.25, 0.3) is 0 Å². The Labute approximate surface area is 141 Å². The van der Waals surface area contributed by atoms with Crippen molar-refractivity contribution in [1.82, 2.24) is 0 Å². The van der Waals surface area contributed by atoms with E-state index in [1.165, 1.54) is 0 Å². The summed E-state index contributed by atoms with van der Waals surface area (Å²) < 4.78 is 17.6. The van der Waals surface area contributed by atoms with E-state index < -0.39 is 8.32 Å². The molecule has 1 aliphatic heterocycles. The molecule has 0 aliphatic carbocycles. The number of fused-ring (bicyclic) bond motifs is 1. The maximum atomic E-state index is 6.15. The summed E-state index contributed by atoms with van der Waals surface area (Å²) in [6.07, 6.45) is 4.13. The number of allylic oxidation sites excluding steroid dienone is 2. The second-order valence-corrected chi connectivity index (χ2v) is 12.2. The predicted molar refractivity (Wildman–Crippen MR) is 99.5 cm³/mol. The lowest BCUT2D eigenvalue weighted by atomic mass is 9.89. The summed E-state index contributed by atoms with van der Waals surface area (Å²) in [7, 11) is -2.03. The van der Waals surface area contributed by atoms with Gasteiger partial charge >= 0.3 is 7.12 Å². The zero-order valence-electron chi connectivity index (χ0n) is 15.1. The topological polar surface area (TPSA) is 27.7 Å². The molecule has 124 valence electrons. The Morgan fingerprint density at radius 1 is 1.17 bits per heavy atom. The van der Waals surface area contributed by atoms with Gasteiger partial charge in [-0.15, -0.1) is 0 Å². The minimum atomic E-state index is -1.68. The van der Waals surface area contributed by atoms with E-state index in [2.05, 4.69) is 46.9 Å². The van der Waals surface area contributed by atoms with E-state index in [4.69, 9.17) is 13.7 Å². The Bertz CT molecular complexity index is 578. The number of para-hydroxylation sites is 2. The predicted octanol–water partition coefficient (Wildman–Crippen LogP) is 5.01. The largest absolute Gasteiger partial charge is 0.625 e. The van der Waals surface area contributed by atoms with Crippen molar-refractivity contribution in [3.63, 3.8) is 0 Å². The minimum Gasteiger partial charge on any atom is -0.520 e. The highest BCUT2D eigenvalue weighted by atomic mass is 28.4. The molecule has 1 heterocycles. The molecular weight excluding hydrogens is 303 g/mol. The molecule has 0 saturated heterocycles. The number of hydrogen-bond donors (Lipinski definition) is 0. The van der Waals surface area contributed by atoms with Crippen LogP contribution < -0.4 is 9.31 Å². The molecule has 5 heteroatoms. The standard InChI is InChI=1S/C18H27BO3Si/c1-15(12-14-20-23(5,6)18(2,3)4)11-13-19-21-16-9-7-8-10-17(16)22-19/h7-13H,14H2,1-6H3/b13-11+,15-12+. The van der Waals surface area contributed by atoms with Crippen LogP contribution in [0.15, 0.2) is 48.0 Å². The van der Waals surface area contributed by atoms with E-state index in [0.717, 1.165) is 17.1 Å². The molecule has 0 atom stereocenters.